The molecule has 0 radical (unpaired) electrons. The van der Waals surface area contributed by atoms with Gasteiger partial charge in [0.15, 0.2) is 12.4 Å². The smallest absolute Gasteiger partial charge is 0.417 e. The molecule has 0 atom stereocenters. The van der Waals surface area contributed by atoms with E-state index in [4.69, 9.17) is 21.1 Å². The number of benzene rings is 2. The number of carbonyl (C=O) groups excluding carboxylic acids is 2. The first-order chi connectivity index (χ1) is 15.2. The molecule has 3 rings (SSSR count). The molecule has 0 spiro atoms. The summed E-state index contributed by atoms with van der Waals surface area (Å²) in [6.07, 6.45) is -4.08. The van der Waals surface area contributed by atoms with Crippen LogP contribution in [0.25, 0.3) is 0 Å². The summed E-state index contributed by atoms with van der Waals surface area (Å²) >= 11 is 5.74. The van der Waals surface area contributed by atoms with Gasteiger partial charge in [-0.1, -0.05) is 54.1 Å². The van der Waals surface area contributed by atoms with E-state index < -0.39 is 35.2 Å². The maximum Gasteiger partial charge on any atom is 0.417 e. The van der Waals surface area contributed by atoms with Crippen molar-refractivity contribution in [2.24, 2.45) is 0 Å². The van der Waals surface area contributed by atoms with E-state index in [9.17, 15) is 22.8 Å². The summed E-state index contributed by atoms with van der Waals surface area (Å²) < 4.78 is 48.7. The van der Waals surface area contributed by atoms with E-state index in [1.165, 1.54) is 6.07 Å². The maximum absolute atomic E-state index is 12.7. The summed E-state index contributed by atoms with van der Waals surface area (Å²) in [7, 11) is 0. The highest BCUT2D eigenvalue weighted by atomic mass is 35.5. The van der Waals surface area contributed by atoms with Crippen molar-refractivity contribution in [1.82, 2.24) is 4.98 Å². The Labute approximate surface area is 185 Å². The Morgan fingerprint density at radius 2 is 1.72 bits per heavy atom. The monoisotopic (exact) mass is 464 g/mol. The van der Waals surface area contributed by atoms with Crippen molar-refractivity contribution in [3.05, 3.63) is 88.6 Å². The zero-order valence-electron chi connectivity index (χ0n) is 16.4. The minimum atomic E-state index is -4.62. The van der Waals surface area contributed by atoms with Crippen molar-refractivity contribution in [3.63, 3.8) is 0 Å². The van der Waals surface area contributed by atoms with Crippen LogP contribution in [-0.2, 0) is 22.3 Å². The number of hydrogen-bond donors (Lipinski definition) is 1. The van der Waals surface area contributed by atoms with Gasteiger partial charge in [0.1, 0.15) is 17.9 Å². The number of hydrogen-bond acceptors (Lipinski definition) is 5. The molecule has 0 aliphatic rings. The summed E-state index contributed by atoms with van der Waals surface area (Å²) in [5, 5.41) is 1.80. The van der Waals surface area contributed by atoms with Gasteiger partial charge in [0.2, 0.25) is 0 Å². The topological polar surface area (TPSA) is 77.5 Å². The predicted molar refractivity (Wildman–Crippen MR) is 110 cm³/mol. The highest BCUT2D eigenvalue weighted by Crippen LogP contribution is 2.32. The van der Waals surface area contributed by atoms with Gasteiger partial charge in [0.05, 0.1) is 10.6 Å². The standard InChI is InChI=1S/C22H16ClF3N2O4/c23-17-10-15(22(24,25)26)11-27-20(17)28-19(29)13-32-21(30)16-8-4-5-9-18(16)31-12-14-6-2-1-3-7-14/h1-11H,12-13H2,(H,27,28,29). The first-order valence-corrected chi connectivity index (χ1v) is 9.57. The van der Waals surface area contributed by atoms with E-state index in [2.05, 4.69) is 10.3 Å². The lowest BCUT2D eigenvalue weighted by Gasteiger charge is -2.12. The Bertz CT molecular complexity index is 1110. The molecule has 2 aromatic carbocycles. The van der Waals surface area contributed by atoms with Crippen molar-refractivity contribution in [2.45, 2.75) is 12.8 Å². The molecule has 0 aliphatic carbocycles. The number of pyridine rings is 1. The molecular weight excluding hydrogens is 449 g/mol. The highest BCUT2D eigenvalue weighted by molar-refractivity contribution is 6.33. The Kier molecular flexibility index (Phi) is 7.32. The van der Waals surface area contributed by atoms with Crippen LogP contribution in [-0.4, -0.2) is 23.5 Å². The van der Waals surface area contributed by atoms with Crippen LogP contribution in [0, 0.1) is 0 Å². The number of para-hydroxylation sites is 1. The van der Waals surface area contributed by atoms with Gasteiger partial charge in [-0.05, 0) is 23.8 Å². The molecule has 6 nitrogen and oxygen atoms in total. The van der Waals surface area contributed by atoms with Crippen molar-refractivity contribution in [3.8, 4) is 5.75 Å². The number of nitrogens with zero attached hydrogens (tertiary/aromatic N) is 1. The van der Waals surface area contributed by atoms with Gasteiger partial charge in [0.25, 0.3) is 5.91 Å². The minimum absolute atomic E-state index is 0.113. The molecule has 0 unspecified atom stereocenters. The second-order valence-electron chi connectivity index (χ2n) is 6.45. The summed E-state index contributed by atoms with van der Waals surface area (Å²) in [6.45, 7) is -0.478. The molecule has 0 aliphatic heterocycles. The number of nitrogens with one attached hydrogen (secondary N) is 1. The van der Waals surface area contributed by atoms with Crippen LogP contribution >= 0.6 is 11.6 Å². The van der Waals surface area contributed by atoms with Crippen LogP contribution in [0.4, 0.5) is 19.0 Å². The molecule has 32 heavy (non-hydrogen) atoms. The lowest BCUT2D eigenvalue weighted by molar-refractivity contribution is -0.137. The largest absolute Gasteiger partial charge is 0.488 e. The second-order valence-corrected chi connectivity index (χ2v) is 6.85. The van der Waals surface area contributed by atoms with Crippen molar-refractivity contribution in [1.29, 1.82) is 0 Å². The highest BCUT2D eigenvalue weighted by Gasteiger charge is 2.31. The van der Waals surface area contributed by atoms with Gasteiger partial charge < -0.3 is 14.8 Å². The van der Waals surface area contributed by atoms with Crippen LogP contribution in [0.15, 0.2) is 66.9 Å². The number of ether oxygens (including phenoxy) is 2. The van der Waals surface area contributed by atoms with Crippen molar-refractivity contribution < 1.29 is 32.2 Å². The summed E-state index contributed by atoms with van der Waals surface area (Å²) in [6, 6.07) is 16.3. The van der Waals surface area contributed by atoms with Gasteiger partial charge in [-0.15, -0.1) is 0 Å². The Hall–Kier alpha value is -3.59. The van der Waals surface area contributed by atoms with Crippen LogP contribution in [0.3, 0.4) is 0 Å². The number of rotatable bonds is 7. The van der Waals surface area contributed by atoms with E-state index >= 15 is 0 Å². The van der Waals surface area contributed by atoms with Crippen LogP contribution < -0.4 is 10.1 Å². The third-order valence-electron chi connectivity index (χ3n) is 4.10. The SMILES string of the molecule is O=C(COC(=O)c1ccccc1OCc1ccccc1)Nc1ncc(C(F)(F)F)cc1Cl. The molecule has 166 valence electrons. The number of carbonyl (C=O) groups is 2. The predicted octanol–water partition coefficient (Wildman–Crippen LogP) is 5.13. The van der Waals surface area contributed by atoms with Crippen LogP contribution in [0.5, 0.6) is 5.75 Å². The quantitative estimate of drug-likeness (QED) is 0.491. The maximum atomic E-state index is 12.7. The number of aromatic nitrogens is 1. The van der Waals surface area contributed by atoms with Gasteiger partial charge in [-0.3, -0.25) is 4.79 Å². The Balaban J connectivity index is 1.58. The van der Waals surface area contributed by atoms with E-state index in [-0.39, 0.29) is 23.7 Å². The van der Waals surface area contributed by atoms with E-state index in [0.29, 0.717) is 12.3 Å². The average molecular weight is 465 g/mol. The van der Waals surface area contributed by atoms with Crippen molar-refractivity contribution in [2.75, 3.05) is 11.9 Å². The van der Waals surface area contributed by atoms with E-state index in [0.717, 1.165) is 5.56 Å². The number of amides is 1. The Morgan fingerprint density at radius 3 is 2.41 bits per heavy atom. The number of esters is 1. The Morgan fingerprint density at radius 1 is 1.03 bits per heavy atom. The number of halogens is 4. The summed E-state index contributed by atoms with van der Waals surface area (Å²) in [5.41, 5.74) is -0.0445. The number of alkyl halides is 3. The number of anilines is 1. The van der Waals surface area contributed by atoms with Crippen LogP contribution in [0.1, 0.15) is 21.5 Å². The van der Waals surface area contributed by atoms with Gasteiger partial charge in [0, 0.05) is 6.20 Å². The molecule has 3 aromatic rings. The first kappa shape index (κ1) is 23.1. The molecule has 1 amide bonds. The molecule has 1 N–H and O–H groups in total. The molecule has 10 heteroatoms. The van der Waals surface area contributed by atoms with Gasteiger partial charge in [-0.2, -0.15) is 13.2 Å². The average Bonchev–Trinajstić information content (AvgIpc) is 2.77. The summed E-state index contributed by atoms with van der Waals surface area (Å²) in [5.74, 6) is -1.65. The summed E-state index contributed by atoms with van der Waals surface area (Å²) in [4.78, 5) is 27.9. The normalized spacial score (nSPS) is 11.0. The fourth-order valence-electron chi connectivity index (χ4n) is 2.56. The van der Waals surface area contributed by atoms with E-state index in [1.54, 1.807) is 18.2 Å². The second kappa shape index (κ2) is 10.1. The zero-order chi connectivity index (χ0) is 23.1. The molecule has 0 saturated heterocycles. The molecule has 0 fully saturated rings. The molecule has 0 bridgehead atoms. The third-order valence-corrected chi connectivity index (χ3v) is 4.39. The molecule has 1 aromatic heterocycles. The van der Waals surface area contributed by atoms with Crippen LogP contribution in [0.2, 0.25) is 5.02 Å². The van der Waals surface area contributed by atoms with Gasteiger partial charge >= 0.3 is 12.1 Å². The van der Waals surface area contributed by atoms with E-state index in [1.807, 2.05) is 30.3 Å². The zero-order valence-corrected chi connectivity index (χ0v) is 17.1. The molecule has 1 heterocycles. The molecule has 0 saturated carbocycles. The van der Waals surface area contributed by atoms with Crippen molar-refractivity contribution >= 4 is 29.3 Å². The lowest BCUT2D eigenvalue weighted by atomic mass is 10.2. The van der Waals surface area contributed by atoms with Gasteiger partial charge in [-0.25, -0.2) is 9.78 Å². The lowest BCUT2D eigenvalue weighted by Crippen LogP contribution is -2.22. The fraction of sp³-hybridized carbons (Fsp3) is 0.136. The first-order valence-electron chi connectivity index (χ1n) is 9.19. The minimum Gasteiger partial charge on any atom is -0.488 e. The third kappa shape index (κ3) is 6.21. The molecular formula is C22H16ClF3N2O4. The fourth-order valence-corrected chi connectivity index (χ4v) is 2.77.